The van der Waals surface area contributed by atoms with Gasteiger partial charge >= 0.3 is 6.09 Å². The number of hydrogen-bond acceptors (Lipinski definition) is 2. The number of nitrogens with one attached hydrogen (secondary N) is 1. The highest BCUT2D eigenvalue weighted by molar-refractivity contribution is 5.67. The van der Waals surface area contributed by atoms with E-state index in [1.54, 1.807) is 0 Å². The molecular weight excluding hydrogens is 202 g/mol. The van der Waals surface area contributed by atoms with Crippen molar-refractivity contribution in [2.24, 2.45) is 0 Å². The van der Waals surface area contributed by atoms with Crippen molar-refractivity contribution in [1.82, 2.24) is 5.32 Å². The maximum atomic E-state index is 11.0. The molecule has 0 bridgehead atoms. The van der Waals surface area contributed by atoms with E-state index in [1.165, 1.54) is 34.9 Å². The second-order valence-electron chi connectivity index (χ2n) is 4.08. The van der Waals surface area contributed by atoms with E-state index in [9.17, 15) is 4.79 Å². The SMILES string of the molecule is COC(=O)NCc1c(C)c(C)cc(C)c1C. The molecule has 1 aromatic carbocycles. The molecule has 1 amide bonds. The molecule has 1 N–H and O–H groups in total. The third-order valence-corrected chi connectivity index (χ3v) is 3.12. The number of methoxy groups -OCH3 is 1. The predicted octanol–water partition coefficient (Wildman–Crippen LogP) is 2.78. The number of carbonyl (C=O) groups is 1. The molecule has 0 saturated carbocycles. The standard InChI is InChI=1S/C13H19NO2/c1-8-6-9(2)11(4)12(10(8)3)7-14-13(15)16-5/h6H,7H2,1-5H3,(H,14,15). The fraction of sp³-hybridized carbons (Fsp3) is 0.462. The largest absolute Gasteiger partial charge is 0.453 e. The number of amides is 1. The van der Waals surface area contributed by atoms with Crippen LogP contribution in [-0.4, -0.2) is 13.2 Å². The molecule has 0 heterocycles. The molecule has 0 unspecified atom stereocenters. The molecule has 0 atom stereocenters. The van der Waals surface area contributed by atoms with Crippen LogP contribution in [0.3, 0.4) is 0 Å². The lowest BCUT2D eigenvalue weighted by Crippen LogP contribution is -2.23. The van der Waals surface area contributed by atoms with E-state index in [0.29, 0.717) is 6.54 Å². The number of rotatable bonds is 2. The molecule has 3 heteroatoms. The van der Waals surface area contributed by atoms with Gasteiger partial charge in [-0.2, -0.15) is 0 Å². The van der Waals surface area contributed by atoms with Crippen LogP contribution in [0.2, 0.25) is 0 Å². The number of carbonyl (C=O) groups excluding carboxylic acids is 1. The fourth-order valence-electron chi connectivity index (χ4n) is 1.80. The summed E-state index contributed by atoms with van der Waals surface area (Å²) in [4.78, 5) is 11.0. The van der Waals surface area contributed by atoms with E-state index in [4.69, 9.17) is 0 Å². The molecule has 0 aliphatic rings. The first-order valence-electron chi connectivity index (χ1n) is 5.35. The fourth-order valence-corrected chi connectivity index (χ4v) is 1.80. The molecule has 0 spiro atoms. The summed E-state index contributed by atoms with van der Waals surface area (Å²) in [5.74, 6) is 0. The van der Waals surface area contributed by atoms with E-state index in [2.05, 4.69) is 43.8 Å². The van der Waals surface area contributed by atoms with Gasteiger partial charge in [0.2, 0.25) is 0 Å². The summed E-state index contributed by atoms with van der Waals surface area (Å²) >= 11 is 0. The van der Waals surface area contributed by atoms with Gasteiger partial charge in [0, 0.05) is 6.54 Å². The first kappa shape index (κ1) is 12.6. The minimum atomic E-state index is -0.391. The number of aryl methyl sites for hydroxylation is 2. The first-order chi connectivity index (χ1) is 7.47. The molecule has 0 aliphatic carbocycles. The zero-order chi connectivity index (χ0) is 12.3. The van der Waals surface area contributed by atoms with Gasteiger partial charge in [-0.05, 0) is 55.5 Å². The van der Waals surface area contributed by atoms with Crippen molar-refractivity contribution < 1.29 is 9.53 Å². The van der Waals surface area contributed by atoms with Crippen LogP contribution >= 0.6 is 0 Å². The summed E-state index contributed by atoms with van der Waals surface area (Å²) in [5, 5.41) is 2.72. The lowest BCUT2D eigenvalue weighted by molar-refractivity contribution is 0.170. The molecule has 0 fully saturated rings. The second-order valence-corrected chi connectivity index (χ2v) is 4.08. The van der Waals surface area contributed by atoms with Crippen molar-refractivity contribution >= 4 is 6.09 Å². The summed E-state index contributed by atoms with van der Waals surface area (Å²) in [6, 6.07) is 2.17. The van der Waals surface area contributed by atoms with Gasteiger partial charge in [0.25, 0.3) is 0 Å². The first-order valence-corrected chi connectivity index (χ1v) is 5.35. The Kier molecular flexibility index (Phi) is 3.93. The molecular formula is C13H19NO2. The van der Waals surface area contributed by atoms with Crippen LogP contribution in [0.5, 0.6) is 0 Å². The monoisotopic (exact) mass is 221 g/mol. The molecule has 1 rings (SSSR count). The molecule has 0 saturated heterocycles. The lowest BCUT2D eigenvalue weighted by atomic mass is 9.94. The van der Waals surface area contributed by atoms with Crippen LogP contribution in [0.15, 0.2) is 6.07 Å². The van der Waals surface area contributed by atoms with E-state index in [1.807, 2.05) is 0 Å². The topological polar surface area (TPSA) is 38.3 Å². The summed E-state index contributed by atoms with van der Waals surface area (Å²) in [7, 11) is 1.37. The number of ether oxygens (including phenoxy) is 1. The maximum Gasteiger partial charge on any atom is 0.407 e. The van der Waals surface area contributed by atoms with Crippen LogP contribution < -0.4 is 5.32 Å². The van der Waals surface area contributed by atoms with E-state index in [0.717, 1.165) is 0 Å². The highest BCUT2D eigenvalue weighted by Gasteiger charge is 2.09. The van der Waals surface area contributed by atoms with Crippen molar-refractivity contribution in [3.05, 3.63) is 33.9 Å². The Morgan fingerprint density at radius 1 is 1.19 bits per heavy atom. The molecule has 16 heavy (non-hydrogen) atoms. The van der Waals surface area contributed by atoms with Crippen LogP contribution in [0.4, 0.5) is 4.79 Å². The number of benzene rings is 1. The zero-order valence-electron chi connectivity index (χ0n) is 10.6. The Balaban J connectivity index is 2.99. The van der Waals surface area contributed by atoms with Gasteiger partial charge in [0.05, 0.1) is 7.11 Å². The molecule has 0 radical (unpaired) electrons. The van der Waals surface area contributed by atoms with Gasteiger partial charge in [-0.25, -0.2) is 4.79 Å². The van der Waals surface area contributed by atoms with Gasteiger partial charge in [-0.3, -0.25) is 0 Å². The van der Waals surface area contributed by atoms with Crippen molar-refractivity contribution in [2.45, 2.75) is 34.2 Å². The van der Waals surface area contributed by atoms with Gasteiger partial charge in [-0.1, -0.05) is 6.07 Å². The van der Waals surface area contributed by atoms with Crippen LogP contribution in [0, 0.1) is 27.7 Å². The molecule has 3 nitrogen and oxygen atoms in total. The van der Waals surface area contributed by atoms with Gasteiger partial charge < -0.3 is 10.1 Å². The number of alkyl carbamates (subject to hydrolysis) is 1. The lowest BCUT2D eigenvalue weighted by Gasteiger charge is -2.15. The van der Waals surface area contributed by atoms with Gasteiger partial charge in [0.15, 0.2) is 0 Å². The van der Waals surface area contributed by atoms with Crippen LogP contribution in [0.25, 0.3) is 0 Å². The van der Waals surface area contributed by atoms with Crippen molar-refractivity contribution in [1.29, 1.82) is 0 Å². The van der Waals surface area contributed by atoms with E-state index in [-0.39, 0.29) is 0 Å². The van der Waals surface area contributed by atoms with Gasteiger partial charge in [0.1, 0.15) is 0 Å². The highest BCUT2D eigenvalue weighted by Crippen LogP contribution is 2.21. The summed E-state index contributed by atoms with van der Waals surface area (Å²) < 4.78 is 4.56. The minimum Gasteiger partial charge on any atom is -0.453 e. The molecule has 1 aromatic rings. The maximum absolute atomic E-state index is 11.0. The minimum absolute atomic E-state index is 0.391. The van der Waals surface area contributed by atoms with Crippen molar-refractivity contribution in [3.8, 4) is 0 Å². The second kappa shape index (κ2) is 5.01. The third-order valence-electron chi connectivity index (χ3n) is 3.12. The van der Waals surface area contributed by atoms with Crippen LogP contribution in [-0.2, 0) is 11.3 Å². The summed E-state index contributed by atoms with van der Waals surface area (Å²) in [5.41, 5.74) is 6.16. The van der Waals surface area contributed by atoms with E-state index < -0.39 is 6.09 Å². The highest BCUT2D eigenvalue weighted by atomic mass is 16.5. The van der Waals surface area contributed by atoms with Gasteiger partial charge in [-0.15, -0.1) is 0 Å². The average Bonchev–Trinajstić information content (AvgIpc) is 2.26. The molecule has 0 aromatic heterocycles. The van der Waals surface area contributed by atoms with E-state index >= 15 is 0 Å². The van der Waals surface area contributed by atoms with Crippen molar-refractivity contribution in [3.63, 3.8) is 0 Å². The third kappa shape index (κ3) is 2.54. The summed E-state index contributed by atoms with van der Waals surface area (Å²) in [6.45, 7) is 8.85. The number of hydrogen-bond donors (Lipinski definition) is 1. The van der Waals surface area contributed by atoms with Crippen molar-refractivity contribution in [2.75, 3.05) is 7.11 Å². The molecule has 0 aliphatic heterocycles. The quantitative estimate of drug-likeness (QED) is 0.834. The van der Waals surface area contributed by atoms with Crippen LogP contribution in [0.1, 0.15) is 27.8 Å². The Morgan fingerprint density at radius 3 is 2.12 bits per heavy atom. The Bertz CT molecular complexity index is 385. The molecule has 88 valence electrons. The summed E-state index contributed by atoms with van der Waals surface area (Å²) in [6.07, 6.45) is -0.391. The Hall–Kier alpha value is -1.51. The smallest absolute Gasteiger partial charge is 0.407 e. The zero-order valence-corrected chi connectivity index (χ0v) is 10.6. The normalized spacial score (nSPS) is 10.1. The Labute approximate surface area is 96.8 Å². The predicted molar refractivity (Wildman–Crippen MR) is 64.6 cm³/mol. The Morgan fingerprint density at radius 2 is 1.69 bits per heavy atom. The average molecular weight is 221 g/mol.